The average molecular weight is 312 g/mol. The molecule has 0 unspecified atom stereocenters. The van der Waals surface area contributed by atoms with Crippen molar-refractivity contribution in [3.8, 4) is 0 Å². The van der Waals surface area contributed by atoms with Crippen LogP contribution >= 0.6 is 15.9 Å². The second-order valence-corrected chi connectivity index (χ2v) is 4.42. The van der Waals surface area contributed by atoms with Crippen LogP contribution in [0.5, 0.6) is 0 Å². The fourth-order valence-electron chi connectivity index (χ4n) is 1.47. The molecule has 0 bridgehead atoms. The molecule has 0 saturated carbocycles. The Morgan fingerprint density at radius 3 is 3.06 bits per heavy atom. The van der Waals surface area contributed by atoms with Gasteiger partial charge in [0.05, 0.1) is 16.6 Å². The molecule has 3 N–H and O–H groups in total. The van der Waals surface area contributed by atoms with Gasteiger partial charge in [-0.2, -0.15) is 0 Å². The summed E-state index contributed by atoms with van der Waals surface area (Å²) in [5.41, 5.74) is 2.15. The summed E-state index contributed by atoms with van der Waals surface area (Å²) in [5, 5.41) is 0. The maximum Gasteiger partial charge on any atom is 0.268 e. The minimum Gasteiger partial charge on any atom is -0.467 e. The first-order valence-corrected chi connectivity index (χ1v) is 5.84. The molecule has 2 rings (SSSR count). The number of pyridine rings is 1. The zero-order chi connectivity index (χ0) is 13.1. The van der Waals surface area contributed by atoms with Gasteiger partial charge in [-0.25, -0.2) is 5.84 Å². The molecule has 0 saturated heterocycles. The minimum atomic E-state index is -0.438. The van der Waals surface area contributed by atoms with Gasteiger partial charge in [-0.05, 0) is 34.1 Å². The van der Waals surface area contributed by atoms with Gasteiger partial charge in [-0.15, -0.1) is 0 Å². The summed E-state index contributed by atoms with van der Waals surface area (Å²) in [6.45, 7) is 0.246. The third-order valence-corrected chi connectivity index (χ3v) is 2.95. The van der Waals surface area contributed by atoms with Crippen LogP contribution in [-0.4, -0.2) is 10.5 Å². The lowest BCUT2D eigenvalue weighted by Crippen LogP contribution is -2.29. The average Bonchev–Trinajstić information content (AvgIpc) is 2.82. The molecule has 7 heteroatoms. The Balaban J connectivity index is 2.24. The van der Waals surface area contributed by atoms with Gasteiger partial charge in [0.1, 0.15) is 12.0 Å². The Kier molecular flexibility index (Phi) is 3.63. The minimum absolute atomic E-state index is 0.168. The highest BCUT2D eigenvalue weighted by molar-refractivity contribution is 9.10. The van der Waals surface area contributed by atoms with Crippen LogP contribution in [0.2, 0.25) is 0 Å². The van der Waals surface area contributed by atoms with Crippen molar-refractivity contribution in [3.63, 3.8) is 0 Å². The molecule has 1 amide bonds. The summed E-state index contributed by atoms with van der Waals surface area (Å²) < 4.78 is 7.13. The highest BCUT2D eigenvalue weighted by atomic mass is 79.9. The van der Waals surface area contributed by atoms with Gasteiger partial charge in [0.2, 0.25) is 0 Å². The van der Waals surface area contributed by atoms with Gasteiger partial charge in [0.15, 0.2) is 0 Å². The molecule has 0 radical (unpaired) electrons. The van der Waals surface area contributed by atoms with E-state index < -0.39 is 5.91 Å². The van der Waals surface area contributed by atoms with Crippen molar-refractivity contribution in [1.29, 1.82) is 0 Å². The van der Waals surface area contributed by atoms with E-state index in [0.29, 0.717) is 15.8 Å². The van der Waals surface area contributed by atoms with E-state index in [1.165, 1.54) is 16.9 Å². The second kappa shape index (κ2) is 5.19. The number of hydrogen-bond donors (Lipinski definition) is 2. The predicted molar refractivity (Wildman–Crippen MR) is 67.9 cm³/mol. The number of nitrogens with zero attached hydrogens (tertiary/aromatic N) is 1. The van der Waals surface area contributed by atoms with Crippen molar-refractivity contribution in [1.82, 2.24) is 9.99 Å². The van der Waals surface area contributed by atoms with E-state index in [9.17, 15) is 9.59 Å². The summed E-state index contributed by atoms with van der Waals surface area (Å²) in [5.74, 6) is 5.06. The van der Waals surface area contributed by atoms with Crippen LogP contribution in [0.25, 0.3) is 0 Å². The highest BCUT2D eigenvalue weighted by Crippen LogP contribution is 2.09. The number of rotatable bonds is 3. The van der Waals surface area contributed by atoms with Crippen molar-refractivity contribution < 1.29 is 9.21 Å². The number of aromatic nitrogens is 1. The molecule has 2 heterocycles. The third-order valence-electron chi connectivity index (χ3n) is 2.35. The normalized spacial score (nSPS) is 10.3. The first-order valence-electron chi connectivity index (χ1n) is 5.05. The van der Waals surface area contributed by atoms with Crippen molar-refractivity contribution >= 4 is 21.8 Å². The lowest BCUT2D eigenvalue weighted by atomic mass is 10.3. The van der Waals surface area contributed by atoms with Crippen LogP contribution in [0.3, 0.4) is 0 Å². The Bertz CT molecular complexity index is 632. The smallest absolute Gasteiger partial charge is 0.268 e. The summed E-state index contributed by atoms with van der Waals surface area (Å²) in [7, 11) is 0. The lowest BCUT2D eigenvalue weighted by Gasteiger charge is -2.02. The molecule has 18 heavy (non-hydrogen) atoms. The molecule has 0 aliphatic carbocycles. The number of nitrogens with one attached hydrogen (secondary N) is 1. The SMILES string of the molecule is NNC(=O)c1coc(Cn2cccc(Br)c2=O)c1. The lowest BCUT2D eigenvalue weighted by molar-refractivity contribution is 0.0953. The predicted octanol–water partition coefficient (Wildman–Crippen LogP) is 0.856. The van der Waals surface area contributed by atoms with E-state index in [-0.39, 0.29) is 12.1 Å². The van der Waals surface area contributed by atoms with E-state index in [1.54, 1.807) is 18.3 Å². The van der Waals surface area contributed by atoms with Crippen molar-refractivity contribution in [3.05, 3.63) is 56.8 Å². The van der Waals surface area contributed by atoms with Crippen LogP contribution in [-0.2, 0) is 6.54 Å². The number of halogens is 1. The molecule has 94 valence electrons. The van der Waals surface area contributed by atoms with E-state index in [1.807, 2.05) is 5.43 Å². The number of nitrogen functional groups attached to an aromatic ring is 1. The molecule has 6 nitrogen and oxygen atoms in total. The standard InChI is InChI=1S/C11H10BrN3O3/c12-9-2-1-3-15(11(9)17)5-8-4-7(6-18-8)10(16)14-13/h1-4,6H,5,13H2,(H,14,16). The molecular weight excluding hydrogens is 302 g/mol. The Morgan fingerprint density at radius 1 is 1.56 bits per heavy atom. The van der Waals surface area contributed by atoms with Gasteiger partial charge < -0.3 is 8.98 Å². The summed E-state index contributed by atoms with van der Waals surface area (Å²) in [6.07, 6.45) is 2.93. The molecule has 0 atom stereocenters. The van der Waals surface area contributed by atoms with Gasteiger partial charge in [0, 0.05) is 6.20 Å². The summed E-state index contributed by atoms with van der Waals surface area (Å²) >= 11 is 3.15. The Morgan fingerprint density at radius 2 is 2.33 bits per heavy atom. The number of carbonyl (C=O) groups is 1. The van der Waals surface area contributed by atoms with Gasteiger partial charge >= 0.3 is 0 Å². The number of hydrazine groups is 1. The van der Waals surface area contributed by atoms with E-state index in [2.05, 4.69) is 15.9 Å². The van der Waals surface area contributed by atoms with Gasteiger partial charge in [-0.1, -0.05) is 0 Å². The zero-order valence-electron chi connectivity index (χ0n) is 9.22. The number of carbonyl (C=O) groups excluding carboxylic acids is 1. The maximum atomic E-state index is 11.7. The topological polar surface area (TPSA) is 90.3 Å². The fraction of sp³-hybridized carbons (Fsp3) is 0.0909. The monoisotopic (exact) mass is 311 g/mol. The summed E-state index contributed by atoms with van der Waals surface area (Å²) in [6, 6.07) is 4.94. The molecule has 0 fully saturated rings. The van der Waals surface area contributed by atoms with Crippen molar-refractivity contribution in [2.24, 2.45) is 5.84 Å². The van der Waals surface area contributed by atoms with E-state index in [4.69, 9.17) is 10.3 Å². The molecule has 0 aromatic carbocycles. The fourth-order valence-corrected chi connectivity index (χ4v) is 1.85. The van der Waals surface area contributed by atoms with Crippen LogP contribution in [0.1, 0.15) is 16.1 Å². The number of amides is 1. The quantitative estimate of drug-likeness (QED) is 0.499. The molecule has 2 aromatic rings. The highest BCUT2D eigenvalue weighted by Gasteiger charge is 2.09. The largest absolute Gasteiger partial charge is 0.467 e. The van der Waals surface area contributed by atoms with Crippen LogP contribution < -0.4 is 16.8 Å². The maximum absolute atomic E-state index is 11.7. The number of hydrogen-bond acceptors (Lipinski definition) is 4. The summed E-state index contributed by atoms with van der Waals surface area (Å²) in [4.78, 5) is 23.0. The van der Waals surface area contributed by atoms with E-state index in [0.717, 1.165) is 0 Å². The number of furan rings is 1. The molecule has 2 aromatic heterocycles. The van der Waals surface area contributed by atoms with Gasteiger partial charge in [0.25, 0.3) is 11.5 Å². The van der Waals surface area contributed by atoms with Crippen molar-refractivity contribution in [2.75, 3.05) is 0 Å². The van der Waals surface area contributed by atoms with Crippen LogP contribution in [0, 0.1) is 0 Å². The first kappa shape index (κ1) is 12.6. The second-order valence-electron chi connectivity index (χ2n) is 3.56. The Labute approximate surface area is 110 Å². The third kappa shape index (κ3) is 2.52. The molecular formula is C11H10BrN3O3. The molecule has 0 aliphatic rings. The molecule has 0 aliphatic heterocycles. The zero-order valence-corrected chi connectivity index (χ0v) is 10.8. The van der Waals surface area contributed by atoms with Gasteiger partial charge in [-0.3, -0.25) is 15.0 Å². The number of nitrogens with two attached hydrogens (primary N) is 1. The molecule has 0 spiro atoms. The van der Waals surface area contributed by atoms with Crippen LogP contribution in [0.15, 0.2) is 44.3 Å². The first-order chi connectivity index (χ1) is 8.61. The van der Waals surface area contributed by atoms with Crippen LogP contribution in [0.4, 0.5) is 0 Å². The Hall–Kier alpha value is -1.86. The van der Waals surface area contributed by atoms with Crippen molar-refractivity contribution in [2.45, 2.75) is 6.54 Å². The van der Waals surface area contributed by atoms with E-state index >= 15 is 0 Å².